The molecule has 1 unspecified atom stereocenters. The number of carbonyl (C=O) groups is 1. The Labute approximate surface area is 191 Å². The Kier molecular flexibility index (Phi) is 8.28. The molecule has 7 nitrogen and oxygen atoms in total. The summed E-state index contributed by atoms with van der Waals surface area (Å²) in [5.74, 6) is -0.0906. The molecule has 1 aliphatic carbocycles. The van der Waals surface area contributed by atoms with E-state index in [2.05, 4.69) is 27.1 Å². The fraction of sp³-hybridized carbons (Fsp3) is 0.458. The van der Waals surface area contributed by atoms with Crippen LogP contribution < -0.4 is 14.8 Å². The van der Waals surface area contributed by atoms with E-state index < -0.39 is 10.0 Å². The molecule has 1 saturated carbocycles. The number of nitrogens with one attached hydrogen (secondary N) is 2. The molecule has 2 aromatic rings. The lowest BCUT2D eigenvalue weighted by Gasteiger charge is -2.25. The zero-order chi connectivity index (χ0) is 23.1. The molecule has 1 amide bonds. The van der Waals surface area contributed by atoms with Gasteiger partial charge in [0, 0.05) is 24.2 Å². The van der Waals surface area contributed by atoms with Crippen molar-refractivity contribution >= 4 is 15.9 Å². The van der Waals surface area contributed by atoms with Crippen LogP contribution in [-0.4, -0.2) is 59.1 Å². The standard InChI is InChI=1S/C24H33N3O4S/c1-27(2)21(15-18-9-5-4-6-10-18)17-25-24(28)19-13-14-22(31-3)23(16-19)32(29,30)26-20-11-7-8-12-20/h4-6,9-10,13-14,16,20-21,26H,7-8,11-12,15,17H2,1-3H3,(H,25,28). The van der Waals surface area contributed by atoms with E-state index in [0.29, 0.717) is 6.54 Å². The number of hydrogen-bond acceptors (Lipinski definition) is 5. The summed E-state index contributed by atoms with van der Waals surface area (Å²) in [6.07, 6.45) is 4.48. The van der Waals surface area contributed by atoms with Gasteiger partial charge in [0.05, 0.1) is 7.11 Å². The summed E-state index contributed by atoms with van der Waals surface area (Å²) in [4.78, 5) is 14.9. The van der Waals surface area contributed by atoms with E-state index in [4.69, 9.17) is 4.74 Å². The Hall–Kier alpha value is -2.42. The molecule has 0 aromatic heterocycles. The van der Waals surface area contributed by atoms with Crippen molar-refractivity contribution in [2.75, 3.05) is 27.7 Å². The number of rotatable bonds is 10. The van der Waals surface area contributed by atoms with Gasteiger partial charge in [-0.25, -0.2) is 13.1 Å². The molecular formula is C24H33N3O4S. The van der Waals surface area contributed by atoms with Crippen LogP contribution >= 0.6 is 0 Å². The summed E-state index contributed by atoms with van der Waals surface area (Å²) >= 11 is 0. The minimum absolute atomic E-state index is 0.00649. The van der Waals surface area contributed by atoms with Crippen molar-refractivity contribution in [3.05, 3.63) is 59.7 Å². The number of amides is 1. The second-order valence-electron chi connectivity index (χ2n) is 8.49. The zero-order valence-electron chi connectivity index (χ0n) is 19.0. The van der Waals surface area contributed by atoms with Crippen molar-refractivity contribution in [1.82, 2.24) is 14.9 Å². The maximum Gasteiger partial charge on any atom is 0.251 e. The van der Waals surface area contributed by atoms with E-state index in [1.54, 1.807) is 6.07 Å². The molecule has 0 bridgehead atoms. The third-order valence-electron chi connectivity index (χ3n) is 5.94. The van der Waals surface area contributed by atoms with Crippen LogP contribution in [0.25, 0.3) is 0 Å². The number of sulfonamides is 1. The topological polar surface area (TPSA) is 87.7 Å². The molecule has 0 heterocycles. The fourth-order valence-electron chi connectivity index (χ4n) is 3.99. The van der Waals surface area contributed by atoms with Crippen molar-refractivity contribution in [3.8, 4) is 5.75 Å². The number of hydrogen-bond donors (Lipinski definition) is 2. The number of benzene rings is 2. The van der Waals surface area contributed by atoms with Crippen LogP contribution in [0.4, 0.5) is 0 Å². The molecule has 1 fully saturated rings. The van der Waals surface area contributed by atoms with Crippen molar-refractivity contribution in [3.63, 3.8) is 0 Å². The van der Waals surface area contributed by atoms with E-state index in [1.165, 1.54) is 24.8 Å². The maximum atomic E-state index is 13.0. The van der Waals surface area contributed by atoms with Gasteiger partial charge in [0.2, 0.25) is 10.0 Å². The first-order chi connectivity index (χ1) is 15.3. The maximum absolute atomic E-state index is 13.0. The molecular weight excluding hydrogens is 426 g/mol. The van der Waals surface area contributed by atoms with Gasteiger partial charge in [-0.15, -0.1) is 0 Å². The Morgan fingerprint density at radius 3 is 2.44 bits per heavy atom. The molecule has 0 radical (unpaired) electrons. The number of likely N-dealkylation sites (N-methyl/N-ethyl adjacent to an activating group) is 1. The number of methoxy groups -OCH3 is 1. The van der Waals surface area contributed by atoms with Crippen LogP contribution in [0.1, 0.15) is 41.6 Å². The third kappa shape index (κ3) is 6.31. The predicted molar refractivity (Wildman–Crippen MR) is 126 cm³/mol. The molecule has 1 atom stereocenters. The molecule has 32 heavy (non-hydrogen) atoms. The fourth-order valence-corrected chi connectivity index (χ4v) is 5.49. The van der Waals surface area contributed by atoms with Crippen molar-refractivity contribution in [2.45, 2.75) is 49.1 Å². The van der Waals surface area contributed by atoms with Gasteiger partial charge >= 0.3 is 0 Å². The molecule has 2 N–H and O–H groups in total. The second kappa shape index (κ2) is 10.9. The quantitative estimate of drug-likeness (QED) is 0.571. The first-order valence-corrected chi connectivity index (χ1v) is 12.5. The van der Waals surface area contributed by atoms with Crippen molar-refractivity contribution in [2.24, 2.45) is 0 Å². The minimum atomic E-state index is -3.79. The average Bonchev–Trinajstić information content (AvgIpc) is 3.28. The van der Waals surface area contributed by atoms with Gasteiger partial charge in [0.15, 0.2) is 0 Å². The van der Waals surface area contributed by atoms with Crippen LogP contribution in [0, 0.1) is 0 Å². The summed E-state index contributed by atoms with van der Waals surface area (Å²) in [5, 5.41) is 2.95. The Balaban J connectivity index is 1.72. The highest BCUT2D eigenvalue weighted by Crippen LogP contribution is 2.27. The van der Waals surface area contributed by atoms with Crippen LogP contribution in [0.3, 0.4) is 0 Å². The normalized spacial score (nSPS) is 15.6. The summed E-state index contributed by atoms with van der Waals surface area (Å²) in [6.45, 7) is 0.440. The van der Waals surface area contributed by atoms with Crippen LogP contribution in [0.5, 0.6) is 5.75 Å². The van der Waals surface area contributed by atoms with Crippen LogP contribution in [-0.2, 0) is 16.4 Å². The molecule has 8 heteroatoms. The minimum Gasteiger partial charge on any atom is -0.495 e. The monoisotopic (exact) mass is 459 g/mol. The highest BCUT2D eigenvalue weighted by Gasteiger charge is 2.27. The van der Waals surface area contributed by atoms with Gasteiger partial charge in [-0.05, 0) is 57.1 Å². The second-order valence-corrected chi connectivity index (χ2v) is 10.2. The first-order valence-electron chi connectivity index (χ1n) is 11.0. The zero-order valence-corrected chi connectivity index (χ0v) is 19.8. The lowest BCUT2D eigenvalue weighted by molar-refractivity contribution is 0.0941. The average molecular weight is 460 g/mol. The van der Waals surface area contributed by atoms with Crippen LogP contribution in [0.2, 0.25) is 0 Å². The highest BCUT2D eigenvalue weighted by molar-refractivity contribution is 7.89. The van der Waals surface area contributed by atoms with Crippen molar-refractivity contribution in [1.29, 1.82) is 0 Å². The molecule has 0 aliphatic heterocycles. The molecule has 3 rings (SSSR count). The SMILES string of the molecule is COc1ccc(C(=O)NCC(Cc2ccccc2)N(C)C)cc1S(=O)(=O)NC1CCCC1. The molecule has 0 spiro atoms. The van der Waals surface area contributed by atoms with Gasteiger partial charge in [0.25, 0.3) is 5.91 Å². The van der Waals surface area contributed by atoms with Crippen LogP contribution in [0.15, 0.2) is 53.4 Å². The number of nitrogens with zero attached hydrogens (tertiary/aromatic N) is 1. The summed E-state index contributed by atoms with van der Waals surface area (Å²) in [6, 6.07) is 14.7. The number of carbonyl (C=O) groups excluding carboxylic acids is 1. The van der Waals surface area contributed by atoms with Gasteiger partial charge in [-0.1, -0.05) is 43.2 Å². The van der Waals surface area contributed by atoms with E-state index in [0.717, 1.165) is 32.1 Å². The van der Waals surface area contributed by atoms with Gasteiger partial charge in [-0.3, -0.25) is 4.79 Å². The predicted octanol–water partition coefficient (Wildman–Crippen LogP) is 2.82. The highest BCUT2D eigenvalue weighted by atomic mass is 32.2. The summed E-state index contributed by atoms with van der Waals surface area (Å²) < 4.78 is 34.0. The smallest absolute Gasteiger partial charge is 0.251 e. The molecule has 174 valence electrons. The van der Waals surface area contributed by atoms with Crippen molar-refractivity contribution < 1.29 is 17.9 Å². The Morgan fingerprint density at radius 2 is 1.81 bits per heavy atom. The van der Waals surface area contributed by atoms with Gasteiger partial charge in [-0.2, -0.15) is 0 Å². The lowest BCUT2D eigenvalue weighted by Crippen LogP contribution is -2.41. The van der Waals surface area contributed by atoms with E-state index in [-0.39, 0.29) is 34.2 Å². The third-order valence-corrected chi connectivity index (χ3v) is 7.48. The Bertz CT molecular complexity index is 1000. The molecule has 2 aromatic carbocycles. The van der Waals surface area contributed by atoms with E-state index in [9.17, 15) is 13.2 Å². The molecule has 0 saturated heterocycles. The van der Waals surface area contributed by atoms with E-state index in [1.807, 2.05) is 32.3 Å². The summed E-state index contributed by atoms with van der Waals surface area (Å²) in [5.41, 5.74) is 1.48. The summed E-state index contributed by atoms with van der Waals surface area (Å²) in [7, 11) is 1.59. The van der Waals surface area contributed by atoms with Gasteiger partial charge < -0.3 is 15.0 Å². The number of ether oxygens (including phenoxy) is 1. The largest absolute Gasteiger partial charge is 0.495 e. The van der Waals surface area contributed by atoms with Gasteiger partial charge in [0.1, 0.15) is 10.6 Å². The van der Waals surface area contributed by atoms with E-state index >= 15 is 0 Å². The lowest BCUT2D eigenvalue weighted by atomic mass is 10.0. The first kappa shape index (κ1) is 24.2. The molecule has 1 aliphatic rings. The Morgan fingerprint density at radius 1 is 1.12 bits per heavy atom.